The first-order valence-electron chi connectivity index (χ1n) is 4.81. The van der Waals surface area contributed by atoms with Crippen LogP contribution in [0, 0.1) is 0 Å². The van der Waals surface area contributed by atoms with Crippen molar-refractivity contribution in [3.63, 3.8) is 0 Å². The van der Waals surface area contributed by atoms with Crippen LogP contribution in [0.4, 0.5) is 5.82 Å². The fourth-order valence-electron chi connectivity index (χ4n) is 1.12. The summed E-state index contributed by atoms with van der Waals surface area (Å²) in [5.41, 5.74) is 4.37. The molecule has 0 fully saturated rings. The summed E-state index contributed by atoms with van der Waals surface area (Å²) in [5.74, 6) is -0.0198. The molecule has 0 aliphatic heterocycles. The van der Waals surface area contributed by atoms with Crippen LogP contribution in [0.25, 0.3) is 0 Å². The lowest BCUT2D eigenvalue weighted by Crippen LogP contribution is -2.52. The number of hydrogen-bond donors (Lipinski definition) is 4. The minimum atomic E-state index is -1.02. The largest absolute Gasteiger partial charge is 0.394 e. The zero-order chi connectivity index (χ0) is 12.2. The second-order valence-corrected chi connectivity index (χ2v) is 3.86. The van der Waals surface area contributed by atoms with E-state index in [1.807, 2.05) is 0 Å². The fraction of sp³-hybridized carbons (Fsp3) is 0.556. The topological polar surface area (TPSA) is 113 Å². The number of aliphatic hydroxyl groups excluding tert-OH is 2. The molecule has 0 radical (unpaired) electrons. The smallest absolute Gasteiger partial charge is 0.242 e. The lowest BCUT2D eigenvalue weighted by Gasteiger charge is -2.26. The Morgan fingerprint density at radius 2 is 2.25 bits per heavy atom. The second kappa shape index (κ2) is 4.95. The van der Waals surface area contributed by atoms with Crippen LogP contribution in [-0.4, -0.2) is 44.7 Å². The van der Waals surface area contributed by atoms with Crippen LogP contribution in [0.3, 0.4) is 0 Å². The minimum absolute atomic E-state index is 0.00715. The van der Waals surface area contributed by atoms with Gasteiger partial charge in [-0.1, -0.05) is 0 Å². The van der Waals surface area contributed by atoms with Crippen molar-refractivity contribution in [3.8, 4) is 0 Å². The molecule has 0 aliphatic carbocycles. The standard InChI is InChI=1S/C9H16N4O3/c1-9(5-14,6-15)11-8(16)4-13-3-2-7(10)12-13/h2-3,14-15H,4-6H2,1H3,(H2,10,12)(H,11,16). The summed E-state index contributed by atoms with van der Waals surface area (Å²) < 4.78 is 1.37. The molecule has 1 amide bonds. The van der Waals surface area contributed by atoms with Crippen LogP contribution < -0.4 is 11.1 Å². The van der Waals surface area contributed by atoms with Crippen molar-refractivity contribution < 1.29 is 15.0 Å². The Balaban J connectivity index is 2.53. The molecule has 0 spiro atoms. The number of nitrogens with two attached hydrogens (primary N) is 1. The first-order valence-corrected chi connectivity index (χ1v) is 4.81. The van der Waals surface area contributed by atoms with Gasteiger partial charge in [-0.05, 0) is 13.0 Å². The van der Waals surface area contributed by atoms with Crippen molar-refractivity contribution in [1.29, 1.82) is 0 Å². The van der Waals surface area contributed by atoms with Crippen LogP contribution in [0.1, 0.15) is 6.92 Å². The van der Waals surface area contributed by atoms with Gasteiger partial charge in [0.25, 0.3) is 0 Å². The van der Waals surface area contributed by atoms with Crippen LogP contribution in [-0.2, 0) is 11.3 Å². The van der Waals surface area contributed by atoms with Crippen molar-refractivity contribution in [2.24, 2.45) is 0 Å². The number of nitrogens with zero attached hydrogens (tertiary/aromatic N) is 2. The molecule has 0 saturated heterocycles. The number of carbonyl (C=O) groups excluding carboxylic acids is 1. The van der Waals surface area contributed by atoms with E-state index < -0.39 is 5.54 Å². The highest BCUT2D eigenvalue weighted by atomic mass is 16.3. The highest BCUT2D eigenvalue weighted by Crippen LogP contribution is 2.01. The number of carbonyl (C=O) groups is 1. The van der Waals surface area contributed by atoms with E-state index in [0.717, 1.165) is 0 Å². The first kappa shape index (κ1) is 12.5. The lowest BCUT2D eigenvalue weighted by atomic mass is 10.1. The molecule has 7 nitrogen and oxygen atoms in total. The molecular formula is C9H16N4O3. The van der Waals surface area contributed by atoms with Crippen molar-refractivity contribution in [3.05, 3.63) is 12.3 Å². The van der Waals surface area contributed by atoms with E-state index in [1.165, 1.54) is 4.68 Å². The predicted molar refractivity (Wildman–Crippen MR) is 57.4 cm³/mol. The number of nitrogens with one attached hydrogen (secondary N) is 1. The molecule has 0 unspecified atom stereocenters. The van der Waals surface area contributed by atoms with E-state index in [2.05, 4.69) is 10.4 Å². The van der Waals surface area contributed by atoms with Crippen LogP contribution in [0.5, 0.6) is 0 Å². The van der Waals surface area contributed by atoms with Gasteiger partial charge >= 0.3 is 0 Å². The Kier molecular flexibility index (Phi) is 3.86. The highest BCUT2D eigenvalue weighted by Gasteiger charge is 2.24. The summed E-state index contributed by atoms with van der Waals surface area (Å²) in [6.07, 6.45) is 1.57. The number of hydrogen-bond acceptors (Lipinski definition) is 5. The molecular weight excluding hydrogens is 212 g/mol. The zero-order valence-corrected chi connectivity index (χ0v) is 9.05. The molecule has 0 bridgehead atoms. The van der Waals surface area contributed by atoms with Gasteiger partial charge in [-0.15, -0.1) is 0 Å². The molecule has 1 heterocycles. The molecule has 1 aromatic rings. The van der Waals surface area contributed by atoms with Crippen molar-refractivity contribution >= 4 is 11.7 Å². The van der Waals surface area contributed by atoms with E-state index in [0.29, 0.717) is 5.82 Å². The predicted octanol–water partition coefficient (Wildman–Crippen LogP) is -1.68. The average Bonchev–Trinajstić information content (AvgIpc) is 2.63. The van der Waals surface area contributed by atoms with E-state index in [9.17, 15) is 4.79 Å². The Hall–Kier alpha value is -1.60. The third-order valence-corrected chi connectivity index (χ3v) is 2.11. The van der Waals surface area contributed by atoms with Gasteiger partial charge in [0.2, 0.25) is 5.91 Å². The Labute approximate surface area is 92.9 Å². The van der Waals surface area contributed by atoms with Gasteiger partial charge in [-0.2, -0.15) is 5.10 Å². The number of rotatable bonds is 5. The third-order valence-electron chi connectivity index (χ3n) is 2.11. The van der Waals surface area contributed by atoms with Gasteiger partial charge in [0.05, 0.1) is 18.8 Å². The normalized spacial score (nSPS) is 11.4. The number of aliphatic hydroxyl groups is 2. The maximum atomic E-state index is 11.5. The molecule has 1 aromatic heterocycles. The summed E-state index contributed by atoms with van der Waals surface area (Å²) in [5, 5.41) is 24.3. The van der Waals surface area contributed by atoms with Gasteiger partial charge in [0, 0.05) is 6.20 Å². The maximum absolute atomic E-state index is 11.5. The summed E-state index contributed by atoms with van der Waals surface area (Å²) >= 11 is 0. The van der Waals surface area contributed by atoms with Gasteiger partial charge in [-0.3, -0.25) is 9.48 Å². The molecule has 5 N–H and O–H groups in total. The maximum Gasteiger partial charge on any atom is 0.242 e. The van der Waals surface area contributed by atoms with E-state index >= 15 is 0 Å². The first-order chi connectivity index (χ1) is 7.49. The monoisotopic (exact) mass is 228 g/mol. The van der Waals surface area contributed by atoms with E-state index in [1.54, 1.807) is 19.2 Å². The molecule has 16 heavy (non-hydrogen) atoms. The van der Waals surface area contributed by atoms with Crippen molar-refractivity contribution in [1.82, 2.24) is 15.1 Å². The molecule has 0 aromatic carbocycles. The Bertz CT molecular complexity index is 359. The number of nitrogen functional groups attached to an aromatic ring is 1. The number of anilines is 1. The van der Waals surface area contributed by atoms with Crippen LogP contribution >= 0.6 is 0 Å². The Morgan fingerprint density at radius 1 is 1.62 bits per heavy atom. The molecule has 7 heteroatoms. The van der Waals surface area contributed by atoms with Gasteiger partial charge < -0.3 is 21.3 Å². The molecule has 0 aliphatic rings. The summed E-state index contributed by atoms with van der Waals surface area (Å²) in [4.78, 5) is 11.5. The van der Waals surface area contributed by atoms with E-state index in [-0.39, 0.29) is 25.7 Å². The second-order valence-electron chi connectivity index (χ2n) is 3.86. The SMILES string of the molecule is CC(CO)(CO)NC(=O)Cn1ccc(N)n1. The third kappa shape index (κ3) is 3.21. The van der Waals surface area contributed by atoms with E-state index in [4.69, 9.17) is 15.9 Å². The summed E-state index contributed by atoms with van der Waals surface area (Å²) in [6, 6.07) is 1.57. The molecule has 1 rings (SSSR count). The minimum Gasteiger partial charge on any atom is -0.394 e. The van der Waals surface area contributed by atoms with Crippen LogP contribution in [0.2, 0.25) is 0 Å². The number of aromatic nitrogens is 2. The molecule has 90 valence electrons. The van der Waals surface area contributed by atoms with Crippen LogP contribution in [0.15, 0.2) is 12.3 Å². The number of amides is 1. The van der Waals surface area contributed by atoms with Gasteiger partial charge in [-0.25, -0.2) is 0 Å². The fourth-order valence-corrected chi connectivity index (χ4v) is 1.12. The van der Waals surface area contributed by atoms with Gasteiger partial charge in [0.15, 0.2) is 0 Å². The average molecular weight is 228 g/mol. The van der Waals surface area contributed by atoms with Crippen molar-refractivity contribution in [2.75, 3.05) is 18.9 Å². The Morgan fingerprint density at radius 3 is 2.69 bits per heavy atom. The highest BCUT2D eigenvalue weighted by molar-refractivity contribution is 5.76. The van der Waals surface area contributed by atoms with Crippen molar-refractivity contribution in [2.45, 2.75) is 19.0 Å². The summed E-state index contributed by atoms with van der Waals surface area (Å²) in [6.45, 7) is 0.863. The quantitative estimate of drug-likeness (QED) is 0.481. The lowest BCUT2D eigenvalue weighted by molar-refractivity contribution is -0.124. The molecule has 0 atom stereocenters. The summed E-state index contributed by atoms with van der Waals surface area (Å²) in [7, 11) is 0. The zero-order valence-electron chi connectivity index (χ0n) is 9.05. The molecule has 0 saturated carbocycles. The van der Waals surface area contributed by atoms with Gasteiger partial charge in [0.1, 0.15) is 12.4 Å².